The van der Waals surface area contributed by atoms with E-state index in [0.717, 1.165) is 27.6 Å². The second-order valence-electron chi connectivity index (χ2n) is 12.7. The van der Waals surface area contributed by atoms with Gasteiger partial charge < -0.3 is 4.74 Å². The Kier molecular flexibility index (Phi) is 5.88. The minimum Gasteiger partial charge on any atom is -0.461 e. The summed E-state index contributed by atoms with van der Waals surface area (Å²) in [5.41, 5.74) is 4.56. The SMILES string of the molecule is C=C[C@]1(C)CC2=C(C[C@H]1OC(=O)C(C)(C)C)C(C)(C)c1cccc3c1c2cn3S(=O)(=O)c1ccc(C)cc1. The fourth-order valence-electron chi connectivity index (χ4n) is 5.91. The molecule has 1 heterocycles. The van der Waals surface area contributed by atoms with Crippen LogP contribution in [0.2, 0.25) is 0 Å². The van der Waals surface area contributed by atoms with Crippen molar-refractivity contribution < 1.29 is 17.9 Å². The number of hydrogen-bond acceptors (Lipinski definition) is 4. The number of aromatic nitrogens is 1. The molecule has 5 nitrogen and oxygen atoms in total. The van der Waals surface area contributed by atoms with Crippen LogP contribution in [0.15, 0.2) is 71.8 Å². The van der Waals surface area contributed by atoms with Gasteiger partial charge in [0.2, 0.25) is 0 Å². The average Bonchev–Trinajstić information content (AvgIpc) is 3.24. The maximum absolute atomic E-state index is 13.9. The summed E-state index contributed by atoms with van der Waals surface area (Å²) in [5.74, 6) is -0.230. The van der Waals surface area contributed by atoms with Crippen LogP contribution >= 0.6 is 0 Å². The van der Waals surface area contributed by atoms with Crippen LogP contribution in [0, 0.1) is 17.8 Å². The number of benzene rings is 2. The molecule has 1 aromatic heterocycles. The van der Waals surface area contributed by atoms with Crippen molar-refractivity contribution in [3.8, 4) is 0 Å². The molecular weight excluding hydrogens is 494 g/mol. The summed E-state index contributed by atoms with van der Waals surface area (Å²) in [7, 11) is -3.81. The van der Waals surface area contributed by atoms with Gasteiger partial charge >= 0.3 is 5.97 Å². The number of nitrogens with zero attached hydrogens (tertiary/aromatic N) is 1. The number of allylic oxidation sites excluding steroid dienone is 1. The number of carbonyl (C=O) groups is 1. The Bertz CT molecular complexity index is 1610. The summed E-state index contributed by atoms with van der Waals surface area (Å²) in [6.45, 7) is 18.1. The predicted octanol–water partition coefficient (Wildman–Crippen LogP) is 7.18. The highest BCUT2D eigenvalue weighted by Gasteiger charge is 2.48. The first-order valence-electron chi connectivity index (χ1n) is 13.2. The fourth-order valence-corrected chi connectivity index (χ4v) is 7.27. The van der Waals surface area contributed by atoms with Crippen molar-refractivity contribution >= 4 is 32.5 Å². The number of aryl methyl sites for hydroxylation is 1. The number of rotatable bonds is 4. The molecular formula is C32H37NO4S. The third kappa shape index (κ3) is 3.87. The van der Waals surface area contributed by atoms with Crippen molar-refractivity contribution in [2.75, 3.05) is 0 Å². The van der Waals surface area contributed by atoms with Gasteiger partial charge in [-0.1, -0.05) is 62.2 Å². The second kappa shape index (κ2) is 8.44. The minimum atomic E-state index is -3.81. The van der Waals surface area contributed by atoms with Gasteiger partial charge in [0.05, 0.1) is 15.8 Å². The number of carbonyl (C=O) groups excluding carboxylic acids is 1. The largest absolute Gasteiger partial charge is 0.461 e. The Balaban J connectivity index is 1.71. The number of esters is 1. The maximum atomic E-state index is 13.9. The molecule has 0 saturated heterocycles. The average molecular weight is 532 g/mol. The second-order valence-corrected chi connectivity index (χ2v) is 14.5. The van der Waals surface area contributed by atoms with Crippen LogP contribution in [-0.4, -0.2) is 24.5 Å². The fraction of sp³-hybridized carbons (Fsp3) is 0.406. The molecule has 2 aliphatic carbocycles. The zero-order valence-corrected chi connectivity index (χ0v) is 24.2. The van der Waals surface area contributed by atoms with Crippen LogP contribution in [0.25, 0.3) is 16.5 Å². The zero-order chi connectivity index (χ0) is 27.8. The molecule has 5 rings (SSSR count). The van der Waals surface area contributed by atoms with Gasteiger partial charge in [0.1, 0.15) is 6.10 Å². The lowest BCUT2D eigenvalue weighted by Gasteiger charge is -2.47. The number of fused-ring (bicyclic) bond motifs is 1. The maximum Gasteiger partial charge on any atom is 0.311 e. The molecule has 38 heavy (non-hydrogen) atoms. The molecule has 0 saturated carbocycles. The standard InChI is InChI=1S/C32H37NO4S/c1-9-32(8)18-22-23-19-33(38(35,36)21-15-13-20(2)14-16-21)26-12-10-11-24(28(23)26)31(6,7)25(22)17-27(32)37-29(34)30(3,4)5/h9-16,19,27H,1,17-18H2,2-8H3/t27-,32-/m1/s1. The first-order valence-corrected chi connectivity index (χ1v) is 14.6. The number of hydrogen-bond donors (Lipinski definition) is 0. The first-order chi connectivity index (χ1) is 17.6. The van der Waals surface area contributed by atoms with Crippen LogP contribution in [0.4, 0.5) is 0 Å². The van der Waals surface area contributed by atoms with Gasteiger partial charge in [0.15, 0.2) is 0 Å². The van der Waals surface area contributed by atoms with Gasteiger partial charge in [-0.2, -0.15) is 0 Å². The van der Waals surface area contributed by atoms with E-state index in [-0.39, 0.29) is 22.4 Å². The van der Waals surface area contributed by atoms with Gasteiger partial charge in [-0.3, -0.25) is 4.79 Å². The van der Waals surface area contributed by atoms with Crippen molar-refractivity contribution in [1.82, 2.24) is 3.97 Å². The summed E-state index contributed by atoms with van der Waals surface area (Å²) >= 11 is 0. The molecule has 2 aliphatic rings. The first kappa shape index (κ1) is 26.5. The lowest BCUT2D eigenvalue weighted by atomic mass is 9.60. The third-order valence-electron chi connectivity index (χ3n) is 8.50. The summed E-state index contributed by atoms with van der Waals surface area (Å²) in [5, 5.41) is 0.975. The van der Waals surface area contributed by atoms with Crippen molar-refractivity contribution in [1.29, 1.82) is 0 Å². The molecule has 0 bridgehead atoms. The predicted molar refractivity (Wildman–Crippen MR) is 153 cm³/mol. The zero-order valence-electron chi connectivity index (χ0n) is 23.4. The van der Waals surface area contributed by atoms with Crippen molar-refractivity contribution in [3.63, 3.8) is 0 Å². The van der Waals surface area contributed by atoms with E-state index in [0.29, 0.717) is 18.4 Å². The Hall–Kier alpha value is -3.12. The van der Waals surface area contributed by atoms with E-state index in [1.807, 2.05) is 58.0 Å². The highest BCUT2D eigenvalue weighted by atomic mass is 32.2. The normalized spacial score (nSPS) is 22.8. The van der Waals surface area contributed by atoms with E-state index in [9.17, 15) is 13.2 Å². The number of ether oxygens (including phenoxy) is 1. The van der Waals surface area contributed by atoms with Crippen LogP contribution in [-0.2, 0) is 25.0 Å². The van der Waals surface area contributed by atoms with Crippen molar-refractivity contribution in [2.24, 2.45) is 10.8 Å². The molecule has 0 unspecified atom stereocenters. The van der Waals surface area contributed by atoms with E-state index < -0.39 is 20.9 Å². The molecule has 0 amide bonds. The molecule has 0 aliphatic heterocycles. The molecule has 6 heteroatoms. The van der Waals surface area contributed by atoms with E-state index in [2.05, 4.69) is 33.4 Å². The molecule has 0 N–H and O–H groups in total. The third-order valence-corrected chi connectivity index (χ3v) is 10.2. The smallest absolute Gasteiger partial charge is 0.311 e. The summed E-state index contributed by atoms with van der Waals surface area (Å²) < 4.78 is 35.3. The van der Waals surface area contributed by atoms with Crippen LogP contribution < -0.4 is 0 Å². The Morgan fingerprint density at radius 2 is 1.76 bits per heavy atom. The lowest BCUT2D eigenvalue weighted by Crippen LogP contribution is -2.43. The Morgan fingerprint density at radius 1 is 1.11 bits per heavy atom. The molecule has 3 aromatic rings. The Labute approximate surface area is 226 Å². The molecule has 0 spiro atoms. The summed E-state index contributed by atoms with van der Waals surface area (Å²) in [6.07, 6.45) is 4.50. The molecule has 2 aromatic carbocycles. The van der Waals surface area contributed by atoms with E-state index in [4.69, 9.17) is 4.74 Å². The van der Waals surface area contributed by atoms with E-state index in [1.54, 1.807) is 18.3 Å². The minimum absolute atomic E-state index is 0.230. The molecule has 2 atom stereocenters. The quantitative estimate of drug-likeness (QED) is 0.264. The van der Waals surface area contributed by atoms with E-state index in [1.165, 1.54) is 9.55 Å². The van der Waals surface area contributed by atoms with Gasteiger partial charge in [-0.15, -0.1) is 6.58 Å². The van der Waals surface area contributed by atoms with Crippen molar-refractivity contribution in [3.05, 3.63) is 83.6 Å². The van der Waals surface area contributed by atoms with E-state index >= 15 is 0 Å². The molecule has 0 fully saturated rings. The lowest BCUT2D eigenvalue weighted by molar-refractivity contribution is -0.164. The van der Waals surface area contributed by atoms with Gasteiger partial charge in [0.25, 0.3) is 10.0 Å². The van der Waals surface area contributed by atoms with Gasteiger partial charge in [-0.25, -0.2) is 12.4 Å². The van der Waals surface area contributed by atoms with Gasteiger partial charge in [0, 0.05) is 34.4 Å². The highest BCUT2D eigenvalue weighted by Crippen LogP contribution is 2.56. The van der Waals surface area contributed by atoms with Crippen LogP contribution in [0.5, 0.6) is 0 Å². The van der Waals surface area contributed by atoms with Crippen molar-refractivity contribution in [2.45, 2.75) is 77.7 Å². The summed E-state index contributed by atoms with van der Waals surface area (Å²) in [4.78, 5) is 13.2. The van der Waals surface area contributed by atoms with Crippen LogP contribution in [0.3, 0.4) is 0 Å². The molecule has 200 valence electrons. The van der Waals surface area contributed by atoms with Crippen LogP contribution in [0.1, 0.15) is 71.1 Å². The highest BCUT2D eigenvalue weighted by molar-refractivity contribution is 7.90. The van der Waals surface area contributed by atoms with Gasteiger partial charge in [-0.05, 0) is 63.5 Å². The Morgan fingerprint density at radius 3 is 2.37 bits per heavy atom. The summed E-state index contributed by atoms with van der Waals surface area (Å²) in [6, 6.07) is 12.9. The topological polar surface area (TPSA) is 65.4 Å². The molecule has 0 radical (unpaired) electrons. The monoisotopic (exact) mass is 531 g/mol.